The topological polar surface area (TPSA) is 47.0 Å². The fraction of sp³-hybridized carbons (Fsp3) is 0.286. The third-order valence-corrected chi connectivity index (χ3v) is 3.08. The molecule has 8 heteroatoms. The van der Waals surface area contributed by atoms with Gasteiger partial charge >= 0.3 is 6.18 Å². The Labute approximate surface area is 130 Å². The van der Waals surface area contributed by atoms with Crippen LogP contribution < -0.4 is 10.1 Å². The van der Waals surface area contributed by atoms with Crippen LogP contribution in [0.25, 0.3) is 0 Å². The van der Waals surface area contributed by atoms with Crippen LogP contribution in [0.5, 0.6) is 5.88 Å². The van der Waals surface area contributed by atoms with Crippen molar-refractivity contribution < 1.29 is 17.9 Å². The fourth-order valence-corrected chi connectivity index (χ4v) is 1.98. The zero-order valence-corrected chi connectivity index (χ0v) is 12.3. The van der Waals surface area contributed by atoms with Crippen LogP contribution in [-0.4, -0.2) is 30.0 Å². The minimum atomic E-state index is -4.41. The zero-order chi connectivity index (χ0) is 16.2. The highest BCUT2D eigenvalue weighted by atomic mass is 35.5. The molecule has 0 spiro atoms. The average molecular weight is 332 g/mol. The number of aromatic nitrogens is 2. The number of ether oxygens (including phenoxy) is 1. The van der Waals surface area contributed by atoms with E-state index in [9.17, 15) is 13.2 Å². The van der Waals surface area contributed by atoms with Crippen molar-refractivity contribution in [2.45, 2.75) is 12.2 Å². The molecule has 0 aliphatic carbocycles. The van der Waals surface area contributed by atoms with Crippen LogP contribution in [0.1, 0.15) is 17.3 Å². The van der Waals surface area contributed by atoms with Crippen LogP contribution in [0, 0.1) is 0 Å². The monoisotopic (exact) mass is 331 g/mol. The molecule has 0 fully saturated rings. The summed E-state index contributed by atoms with van der Waals surface area (Å²) in [5, 5.41) is 11.2. The molecule has 118 valence electrons. The number of hydrogen-bond donors (Lipinski definition) is 1. The number of benzene rings is 1. The lowest BCUT2D eigenvalue weighted by Gasteiger charge is -2.16. The van der Waals surface area contributed by atoms with E-state index in [1.54, 1.807) is 25.2 Å². The number of nitrogens with zero attached hydrogens (tertiary/aromatic N) is 2. The van der Waals surface area contributed by atoms with Crippen molar-refractivity contribution in [1.29, 1.82) is 0 Å². The standard InChI is InChI=1S/C14H13ClF3N3O/c1-19-13(9-2-4-10(15)5-3-9)11-6-7-12(21-20-11)22-8-14(16,17)18/h2-7,13,19H,8H2,1H3. The highest BCUT2D eigenvalue weighted by Crippen LogP contribution is 2.23. The first-order valence-electron chi connectivity index (χ1n) is 6.35. The molecule has 1 aromatic carbocycles. The van der Waals surface area contributed by atoms with Gasteiger partial charge in [-0.05, 0) is 30.8 Å². The van der Waals surface area contributed by atoms with E-state index in [1.165, 1.54) is 6.07 Å². The summed E-state index contributed by atoms with van der Waals surface area (Å²) < 4.78 is 40.7. The van der Waals surface area contributed by atoms with Gasteiger partial charge in [0.25, 0.3) is 0 Å². The average Bonchev–Trinajstić information content (AvgIpc) is 2.48. The number of alkyl halides is 3. The Morgan fingerprint density at radius 3 is 2.32 bits per heavy atom. The van der Waals surface area contributed by atoms with E-state index in [-0.39, 0.29) is 11.9 Å². The van der Waals surface area contributed by atoms with Gasteiger partial charge in [0.1, 0.15) is 0 Å². The minimum absolute atomic E-state index is 0.174. The highest BCUT2D eigenvalue weighted by Gasteiger charge is 2.28. The minimum Gasteiger partial charge on any atom is -0.467 e. The molecular weight excluding hydrogens is 319 g/mol. The number of rotatable bonds is 5. The number of halogens is 4. The maximum absolute atomic E-state index is 12.1. The van der Waals surface area contributed by atoms with Crippen molar-refractivity contribution in [1.82, 2.24) is 15.5 Å². The molecule has 2 rings (SSSR count). The zero-order valence-electron chi connectivity index (χ0n) is 11.6. The lowest BCUT2D eigenvalue weighted by atomic mass is 10.0. The van der Waals surface area contributed by atoms with Crippen LogP contribution in [0.4, 0.5) is 13.2 Å². The molecule has 0 aliphatic rings. The Morgan fingerprint density at radius 1 is 1.14 bits per heavy atom. The normalized spacial score (nSPS) is 13.0. The summed E-state index contributed by atoms with van der Waals surface area (Å²) in [5.74, 6) is -0.174. The first-order valence-corrected chi connectivity index (χ1v) is 6.73. The second-order valence-corrected chi connectivity index (χ2v) is 4.91. The maximum atomic E-state index is 12.1. The van der Waals surface area contributed by atoms with E-state index in [4.69, 9.17) is 11.6 Å². The molecule has 22 heavy (non-hydrogen) atoms. The molecule has 1 heterocycles. The van der Waals surface area contributed by atoms with Crippen molar-refractivity contribution in [3.8, 4) is 5.88 Å². The maximum Gasteiger partial charge on any atom is 0.422 e. The van der Waals surface area contributed by atoms with Gasteiger partial charge in [0.15, 0.2) is 6.61 Å². The number of hydrogen-bond acceptors (Lipinski definition) is 4. The molecule has 1 aromatic heterocycles. The third kappa shape index (κ3) is 4.57. The fourth-order valence-electron chi connectivity index (χ4n) is 1.86. The first-order chi connectivity index (χ1) is 10.4. The molecular formula is C14H13ClF3N3O. The quantitative estimate of drug-likeness (QED) is 0.912. The molecule has 0 aliphatic heterocycles. The highest BCUT2D eigenvalue weighted by molar-refractivity contribution is 6.30. The second kappa shape index (κ2) is 6.93. The van der Waals surface area contributed by atoms with Crippen molar-refractivity contribution in [2.24, 2.45) is 0 Å². The number of nitrogens with one attached hydrogen (secondary N) is 1. The van der Waals surface area contributed by atoms with Gasteiger partial charge < -0.3 is 10.1 Å². The van der Waals surface area contributed by atoms with E-state index in [2.05, 4.69) is 20.3 Å². The molecule has 0 bridgehead atoms. The van der Waals surface area contributed by atoms with Crippen molar-refractivity contribution in [3.05, 3.63) is 52.7 Å². The van der Waals surface area contributed by atoms with Gasteiger partial charge in [-0.2, -0.15) is 13.2 Å². The Hall–Kier alpha value is -1.86. The largest absolute Gasteiger partial charge is 0.467 e. The molecule has 1 N–H and O–H groups in total. The molecule has 0 saturated carbocycles. The second-order valence-electron chi connectivity index (χ2n) is 4.47. The van der Waals surface area contributed by atoms with E-state index in [0.717, 1.165) is 5.56 Å². The van der Waals surface area contributed by atoms with Gasteiger partial charge in [-0.3, -0.25) is 0 Å². The lowest BCUT2D eigenvalue weighted by molar-refractivity contribution is -0.154. The van der Waals surface area contributed by atoms with E-state index in [0.29, 0.717) is 10.7 Å². The van der Waals surface area contributed by atoms with Gasteiger partial charge in [-0.15, -0.1) is 10.2 Å². The summed E-state index contributed by atoms with van der Waals surface area (Å²) in [6.45, 7) is -1.40. The summed E-state index contributed by atoms with van der Waals surface area (Å²) in [6.07, 6.45) is -4.41. The Morgan fingerprint density at radius 2 is 1.82 bits per heavy atom. The van der Waals surface area contributed by atoms with Crippen molar-refractivity contribution in [3.63, 3.8) is 0 Å². The molecule has 0 saturated heterocycles. The van der Waals surface area contributed by atoms with Gasteiger partial charge in [0, 0.05) is 11.1 Å². The predicted octanol–water partition coefficient (Wildman–Crippen LogP) is 3.38. The molecule has 1 atom stereocenters. The van der Waals surface area contributed by atoms with Crippen LogP contribution in [0.15, 0.2) is 36.4 Å². The van der Waals surface area contributed by atoms with E-state index < -0.39 is 12.8 Å². The lowest BCUT2D eigenvalue weighted by Crippen LogP contribution is -2.21. The molecule has 0 amide bonds. The predicted molar refractivity (Wildman–Crippen MR) is 75.9 cm³/mol. The Balaban J connectivity index is 2.12. The summed E-state index contributed by atoms with van der Waals surface area (Å²) in [6, 6.07) is 9.83. The van der Waals surface area contributed by atoms with Gasteiger partial charge in [0.2, 0.25) is 5.88 Å². The summed E-state index contributed by atoms with van der Waals surface area (Å²) in [5.41, 5.74) is 1.47. The van der Waals surface area contributed by atoms with Gasteiger partial charge in [-0.25, -0.2) is 0 Å². The first kappa shape index (κ1) is 16.5. The smallest absolute Gasteiger partial charge is 0.422 e. The molecule has 2 aromatic rings. The SMILES string of the molecule is CNC(c1ccc(Cl)cc1)c1ccc(OCC(F)(F)F)nn1. The molecule has 1 unspecified atom stereocenters. The Bertz CT molecular complexity index is 602. The summed E-state index contributed by atoms with van der Waals surface area (Å²) in [4.78, 5) is 0. The van der Waals surface area contributed by atoms with Crippen LogP contribution in [0.2, 0.25) is 5.02 Å². The Kier molecular flexibility index (Phi) is 5.20. The van der Waals surface area contributed by atoms with Gasteiger partial charge in [0.05, 0.1) is 11.7 Å². The molecule has 0 radical (unpaired) electrons. The van der Waals surface area contributed by atoms with Gasteiger partial charge in [-0.1, -0.05) is 23.7 Å². The van der Waals surface area contributed by atoms with Crippen molar-refractivity contribution in [2.75, 3.05) is 13.7 Å². The van der Waals surface area contributed by atoms with Crippen LogP contribution in [0.3, 0.4) is 0 Å². The summed E-state index contributed by atoms with van der Waals surface area (Å²) >= 11 is 5.84. The molecule has 4 nitrogen and oxygen atoms in total. The summed E-state index contributed by atoms with van der Waals surface area (Å²) in [7, 11) is 1.75. The van der Waals surface area contributed by atoms with E-state index >= 15 is 0 Å². The third-order valence-electron chi connectivity index (χ3n) is 2.83. The van der Waals surface area contributed by atoms with Crippen LogP contribution >= 0.6 is 11.6 Å². The van der Waals surface area contributed by atoms with Crippen molar-refractivity contribution >= 4 is 11.6 Å². The van der Waals surface area contributed by atoms with E-state index in [1.807, 2.05) is 12.1 Å². The van der Waals surface area contributed by atoms with Crippen LogP contribution in [-0.2, 0) is 0 Å².